The van der Waals surface area contributed by atoms with Crippen molar-refractivity contribution in [2.45, 2.75) is 18.3 Å². The molecule has 0 spiro atoms. The lowest BCUT2D eigenvalue weighted by Crippen LogP contribution is -2.44. The van der Waals surface area contributed by atoms with E-state index in [1.165, 1.54) is 12.1 Å². The van der Waals surface area contributed by atoms with Crippen LogP contribution in [0, 0.1) is 58.4 Å². The summed E-state index contributed by atoms with van der Waals surface area (Å²) in [6.45, 7) is 0.224. The molecular weight excluding hydrogens is 526 g/mol. The second-order valence-electron chi connectivity index (χ2n) is 9.55. The van der Waals surface area contributed by atoms with Crippen LogP contribution >= 0.6 is 0 Å². The third-order valence-corrected chi connectivity index (χ3v) is 7.98. The molecule has 0 aromatic heterocycles. The number of imide groups is 1. The minimum Gasteiger partial charge on any atom is -0.491 e. The zero-order valence-electron chi connectivity index (χ0n) is 18.7. The van der Waals surface area contributed by atoms with E-state index < -0.39 is 104 Å². The lowest BCUT2D eigenvalue weighted by Gasteiger charge is -2.46. The number of para-hydroxylation sites is 1. The number of hydrogen-bond acceptors (Lipinski definition) is 3. The molecule has 4 nitrogen and oxygen atoms in total. The molecule has 0 unspecified atom stereocenters. The van der Waals surface area contributed by atoms with E-state index in [0.717, 1.165) is 0 Å². The van der Waals surface area contributed by atoms with Gasteiger partial charge in [-0.3, -0.25) is 9.59 Å². The van der Waals surface area contributed by atoms with E-state index in [4.69, 9.17) is 4.74 Å². The Morgan fingerprint density at radius 1 is 0.632 bits per heavy atom. The molecule has 1 fully saturated rings. The van der Waals surface area contributed by atoms with Crippen molar-refractivity contribution in [1.82, 2.24) is 0 Å². The van der Waals surface area contributed by atoms with Crippen molar-refractivity contribution < 1.29 is 49.4 Å². The van der Waals surface area contributed by atoms with Crippen molar-refractivity contribution in [3.8, 4) is 5.75 Å². The number of anilines is 1. The van der Waals surface area contributed by atoms with Crippen LogP contribution in [0.15, 0.2) is 18.2 Å². The largest absolute Gasteiger partial charge is 0.491 e. The van der Waals surface area contributed by atoms with Crippen LogP contribution in [0.2, 0.25) is 0 Å². The Balaban J connectivity index is 1.55. The summed E-state index contributed by atoms with van der Waals surface area (Å²) in [5, 5.41) is 0. The molecule has 194 valence electrons. The highest BCUT2D eigenvalue weighted by molar-refractivity contribution is 6.24. The summed E-state index contributed by atoms with van der Waals surface area (Å²) >= 11 is 0. The number of rotatable bonds is 1. The molecule has 2 amide bonds. The molecule has 2 atom stereocenters. The van der Waals surface area contributed by atoms with Crippen molar-refractivity contribution in [1.29, 1.82) is 0 Å². The fourth-order valence-electron chi connectivity index (χ4n) is 6.58. The van der Waals surface area contributed by atoms with Gasteiger partial charge in [-0.1, -0.05) is 12.1 Å². The van der Waals surface area contributed by atoms with E-state index in [-0.39, 0.29) is 18.0 Å². The summed E-state index contributed by atoms with van der Waals surface area (Å²) in [5.74, 6) is -27.1. The van der Waals surface area contributed by atoms with E-state index >= 15 is 17.6 Å². The number of hydrogen-bond donors (Lipinski definition) is 0. The Kier molecular flexibility index (Phi) is 4.47. The Morgan fingerprint density at radius 2 is 1.05 bits per heavy atom. The Hall–Kier alpha value is -3.96. The standard InChI is InChI=1S/C26H11F8NO3/c27-16-10-8-11-13(19(30)23(34)21(32)17(11)28)9(12(10)18(29)22(33)20(16)31)15-14(8)25(36)35(26(15)37)7-3-1-2-6-4-5-38-24(6)7/h1-3,8-9,14-15H,4-5H2/t8?,9?,14-,15+. The highest BCUT2D eigenvalue weighted by atomic mass is 19.2. The van der Waals surface area contributed by atoms with Gasteiger partial charge in [0.05, 0.1) is 24.1 Å². The Labute approximate surface area is 207 Å². The van der Waals surface area contributed by atoms with E-state index in [0.29, 0.717) is 16.9 Å². The summed E-state index contributed by atoms with van der Waals surface area (Å²) in [6.07, 6.45) is 0.443. The third kappa shape index (κ3) is 2.46. The lowest BCUT2D eigenvalue weighted by atomic mass is 9.54. The summed E-state index contributed by atoms with van der Waals surface area (Å²) in [5.41, 5.74) is -3.63. The van der Waals surface area contributed by atoms with Crippen molar-refractivity contribution in [2.75, 3.05) is 11.5 Å². The predicted molar refractivity (Wildman–Crippen MR) is 111 cm³/mol. The molecule has 3 aromatic carbocycles. The molecule has 38 heavy (non-hydrogen) atoms. The first-order chi connectivity index (χ1) is 18.1. The van der Waals surface area contributed by atoms with Crippen LogP contribution in [0.4, 0.5) is 40.8 Å². The van der Waals surface area contributed by atoms with Gasteiger partial charge in [-0.25, -0.2) is 40.0 Å². The SMILES string of the molecule is O=C1[C@@H]2C3c4c(F)c(F)c(F)c(F)c4C(c4c(F)c(F)c(F)c(F)c43)[C@@H]2C(=O)N1c1cccc2c1OCC2. The molecule has 0 saturated carbocycles. The molecule has 3 aliphatic carbocycles. The third-order valence-electron chi connectivity index (χ3n) is 7.98. The van der Waals surface area contributed by atoms with Gasteiger partial charge in [0.1, 0.15) is 5.75 Å². The van der Waals surface area contributed by atoms with Crippen LogP contribution in [-0.2, 0) is 16.0 Å². The van der Waals surface area contributed by atoms with Crippen LogP contribution < -0.4 is 9.64 Å². The summed E-state index contributed by atoms with van der Waals surface area (Å²) in [6, 6.07) is 4.53. The van der Waals surface area contributed by atoms with E-state index in [1.807, 2.05) is 0 Å². The first-order valence-electron chi connectivity index (χ1n) is 11.4. The molecule has 2 aliphatic heterocycles. The van der Waals surface area contributed by atoms with Gasteiger partial charge in [-0.05, 0) is 11.6 Å². The summed E-state index contributed by atoms with van der Waals surface area (Å²) in [4.78, 5) is 28.1. The fraction of sp³-hybridized carbons (Fsp3) is 0.231. The average molecular weight is 537 g/mol. The van der Waals surface area contributed by atoms with Gasteiger partial charge in [-0.2, -0.15) is 0 Å². The smallest absolute Gasteiger partial charge is 0.238 e. The zero-order valence-corrected chi connectivity index (χ0v) is 18.7. The zero-order chi connectivity index (χ0) is 26.9. The molecular formula is C26H11F8NO3. The van der Waals surface area contributed by atoms with E-state index in [9.17, 15) is 27.2 Å². The van der Waals surface area contributed by atoms with Gasteiger partial charge in [0.25, 0.3) is 0 Å². The second kappa shape index (κ2) is 7.33. The van der Waals surface area contributed by atoms with Crippen molar-refractivity contribution in [2.24, 2.45) is 11.8 Å². The number of carbonyl (C=O) groups is 2. The van der Waals surface area contributed by atoms with Crippen LogP contribution in [0.5, 0.6) is 5.75 Å². The summed E-state index contributed by atoms with van der Waals surface area (Å²) < 4.78 is 124. The fourth-order valence-corrected chi connectivity index (χ4v) is 6.58. The van der Waals surface area contributed by atoms with Gasteiger partial charge in [0, 0.05) is 40.5 Å². The maximum Gasteiger partial charge on any atom is 0.238 e. The minimum atomic E-state index is -2.29. The number of nitrogens with zero attached hydrogens (tertiary/aromatic N) is 1. The van der Waals surface area contributed by atoms with Crippen molar-refractivity contribution >= 4 is 17.5 Å². The van der Waals surface area contributed by atoms with Gasteiger partial charge in [-0.15, -0.1) is 0 Å². The first kappa shape index (κ1) is 23.2. The highest BCUT2D eigenvalue weighted by Crippen LogP contribution is 2.64. The Morgan fingerprint density at radius 3 is 1.47 bits per heavy atom. The minimum absolute atomic E-state index is 0.0477. The summed E-state index contributed by atoms with van der Waals surface area (Å²) in [7, 11) is 0. The van der Waals surface area contributed by atoms with Gasteiger partial charge in [0.2, 0.25) is 11.8 Å². The number of ether oxygens (including phenoxy) is 1. The molecule has 0 N–H and O–H groups in total. The maximum absolute atomic E-state index is 15.2. The topological polar surface area (TPSA) is 46.6 Å². The molecule has 3 aromatic rings. The van der Waals surface area contributed by atoms with Crippen molar-refractivity contribution in [3.05, 3.63) is 92.6 Å². The maximum atomic E-state index is 15.2. The average Bonchev–Trinajstić information content (AvgIpc) is 3.50. The predicted octanol–water partition coefficient (Wildman–Crippen LogP) is 5.13. The normalized spacial score (nSPS) is 24.4. The number of carbonyl (C=O) groups excluding carboxylic acids is 2. The quantitative estimate of drug-likeness (QED) is 0.187. The van der Waals surface area contributed by atoms with E-state index in [2.05, 4.69) is 0 Å². The lowest BCUT2D eigenvalue weighted by molar-refractivity contribution is -0.122. The van der Waals surface area contributed by atoms with Crippen LogP contribution in [-0.4, -0.2) is 18.4 Å². The van der Waals surface area contributed by atoms with Gasteiger partial charge in [0.15, 0.2) is 46.5 Å². The van der Waals surface area contributed by atoms with Gasteiger partial charge < -0.3 is 4.74 Å². The van der Waals surface area contributed by atoms with Crippen LogP contribution in [0.3, 0.4) is 0 Å². The molecule has 12 heteroatoms. The molecule has 8 rings (SSSR count). The molecule has 5 aliphatic rings. The highest BCUT2D eigenvalue weighted by Gasteiger charge is 2.66. The second-order valence-corrected chi connectivity index (χ2v) is 9.55. The van der Waals surface area contributed by atoms with Crippen LogP contribution in [0.1, 0.15) is 39.7 Å². The number of halogens is 8. The van der Waals surface area contributed by atoms with Crippen molar-refractivity contribution in [3.63, 3.8) is 0 Å². The van der Waals surface area contributed by atoms with E-state index in [1.54, 1.807) is 6.07 Å². The first-order valence-corrected chi connectivity index (χ1v) is 11.4. The molecule has 2 heterocycles. The monoisotopic (exact) mass is 537 g/mol. The molecule has 0 radical (unpaired) electrons. The molecule has 2 bridgehead atoms. The van der Waals surface area contributed by atoms with Crippen LogP contribution in [0.25, 0.3) is 0 Å². The van der Waals surface area contributed by atoms with Gasteiger partial charge >= 0.3 is 0 Å². The number of fused-ring (bicyclic) bond motifs is 1. The molecule has 1 saturated heterocycles. The Bertz CT molecular complexity index is 1510. The number of amides is 2. The number of benzene rings is 3.